The van der Waals surface area contributed by atoms with Crippen molar-refractivity contribution in [2.75, 3.05) is 0 Å². The predicted octanol–water partition coefficient (Wildman–Crippen LogP) is 2.95. The van der Waals surface area contributed by atoms with Crippen molar-refractivity contribution in [2.24, 2.45) is 5.73 Å². The molecule has 112 valence electrons. The Morgan fingerprint density at radius 3 is 2.57 bits per heavy atom. The van der Waals surface area contributed by atoms with E-state index in [0.717, 1.165) is 15.6 Å². The highest BCUT2D eigenvalue weighted by molar-refractivity contribution is 9.10. The Hall–Kier alpha value is -1.21. The van der Waals surface area contributed by atoms with Gasteiger partial charge in [0, 0.05) is 17.1 Å². The second-order valence-electron chi connectivity index (χ2n) is 4.75. The molecule has 0 amide bonds. The van der Waals surface area contributed by atoms with Crippen LogP contribution in [-0.2, 0) is 16.6 Å². The van der Waals surface area contributed by atoms with Gasteiger partial charge < -0.3 is 5.73 Å². The van der Waals surface area contributed by atoms with Crippen LogP contribution in [0.15, 0.2) is 57.9 Å². The van der Waals surface area contributed by atoms with E-state index in [0.29, 0.717) is 6.54 Å². The molecule has 0 aliphatic rings. The molecule has 0 radical (unpaired) electrons. The van der Waals surface area contributed by atoms with Crippen LogP contribution in [-0.4, -0.2) is 8.42 Å². The van der Waals surface area contributed by atoms with Gasteiger partial charge >= 0.3 is 0 Å². The molecule has 2 aromatic rings. The van der Waals surface area contributed by atoms with Crippen LogP contribution in [0.4, 0.5) is 0 Å². The third kappa shape index (κ3) is 4.14. The normalized spacial score (nSPS) is 13.1. The van der Waals surface area contributed by atoms with Crippen molar-refractivity contribution in [1.82, 2.24) is 4.72 Å². The maximum absolute atomic E-state index is 12.4. The molecule has 0 spiro atoms. The minimum Gasteiger partial charge on any atom is -0.326 e. The van der Waals surface area contributed by atoms with Crippen LogP contribution >= 0.6 is 15.9 Å². The topological polar surface area (TPSA) is 72.2 Å². The van der Waals surface area contributed by atoms with Crippen LogP contribution in [0, 0.1) is 0 Å². The molecule has 3 N–H and O–H groups in total. The second kappa shape index (κ2) is 6.70. The smallest absolute Gasteiger partial charge is 0.241 e. The molecule has 0 aromatic heterocycles. The van der Waals surface area contributed by atoms with E-state index < -0.39 is 10.0 Å². The number of nitrogens with two attached hydrogens (primary N) is 1. The summed E-state index contributed by atoms with van der Waals surface area (Å²) in [6.07, 6.45) is 0. The van der Waals surface area contributed by atoms with Crippen molar-refractivity contribution >= 4 is 26.0 Å². The van der Waals surface area contributed by atoms with Gasteiger partial charge in [-0.2, -0.15) is 0 Å². The Morgan fingerprint density at radius 2 is 1.90 bits per heavy atom. The fourth-order valence-corrected chi connectivity index (χ4v) is 3.70. The van der Waals surface area contributed by atoms with Crippen molar-refractivity contribution in [2.45, 2.75) is 24.4 Å². The summed E-state index contributed by atoms with van der Waals surface area (Å²) in [6.45, 7) is 2.12. The minimum atomic E-state index is -3.57. The zero-order valence-electron chi connectivity index (χ0n) is 11.6. The lowest BCUT2D eigenvalue weighted by Gasteiger charge is -2.15. The van der Waals surface area contributed by atoms with E-state index in [1.807, 2.05) is 31.2 Å². The van der Waals surface area contributed by atoms with E-state index in [-0.39, 0.29) is 10.9 Å². The molecule has 21 heavy (non-hydrogen) atoms. The largest absolute Gasteiger partial charge is 0.326 e. The quantitative estimate of drug-likeness (QED) is 0.851. The van der Waals surface area contributed by atoms with Crippen LogP contribution in [0.3, 0.4) is 0 Å². The van der Waals surface area contributed by atoms with Gasteiger partial charge in [-0.3, -0.25) is 0 Å². The number of halogens is 1. The Kier molecular flexibility index (Phi) is 5.16. The number of nitrogens with one attached hydrogen (secondary N) is 1. The number of hydrogen-bond donors (Lipinski definition) is 2. The summed E-state index contributed by atoms with van der Waals surface area (Å²) in [5.74, 6) is 0. The average Bonchev–Trinajstić information content (AvgIpc) is 2.47. The first-order valence-electron chi connectivity index (χ1n) is 6.49. The lowest BCUT2D eigenvalue weighted by molar-refractivity contribution is 0.566. The van der Waals surface area contributed by atoms with Gasteiger partial charge in [0.1, 0.15) is 0 Å². The second-order valence-corrected chi connectivity index (χ2v) is 7.38. The third-order valence-electron chi connectivity index (χ3n) is 3.13. The summed E-state index contributed by atoms with van der Waals surface area (Å²) in [7, 11) is -3.57. The fraction of sp³-hybridized carbons (Fsp3) is 0.200. The lowest BCUT2D eigenvalue weighted by atomic mass is 10.1. The number of benzene rings is 2. The fourth-order valence-electron chi connectivity index (χ4n) is 1.98. The molecule has 0 heterocycles. The van der Waals surface area contributed by atoms with Crippen molar-refractivity contribution in [3.63, 3.8) is 0 Å². The molecule has 0 aliphatic carbocycles. The number of sulfonamides is 1. The zero-order chi connectivity index (χ0) is 15.5. The Bertz CT molecular complexity index is 732. The van der Waals surface area contributed by atoms with Gasteiger partial charge in [-0.25, -0.2) is 13.1 Å². The molecular weight excluding hydrogens is 352 g/mol. The van der Waals surface area contributed by atoms with Crippen molar-refractivity contribution in [3.8, 4) is 0 Å². The van der Waals surface area contributed by atoms with Gasteiger partial charge in [-0.15, -0.1) is 0 Å². The summed E-state index contributed by atoms with van der Waals surface area (Å²) < 4.78 is 28.4. The summed E-state index contributed by atoms with van der Waals surface area (Å²) in [5.41, 5.74) is 7.23. The van der Waals surface area contributed by atoms with E-state index in [4.69, 9.17) is 5.73 Å². The molecule has 1 atom stereocenters. The summed E-state index contributed by atoms with van der Waals surface area (Å²) in [6, 6.07) is 13.9. The van der Waals surface area contributed by atoms with Crippen LogP contribution in [0.2, 0.25) is 0 Å². The van der Waals surface area contributed by atoms with Crippen LogP contribution < -0.4 is 10.5 Å². The summed E-state index contributed by atoms with van der Waals surface area (Å²) in [5, 5.41) is 0. The first-order valence-corrected chi connectivity index (χ1v) is 8.77. The maximum Gasteiger partial charge on any atom is 0.241 e. The Balaban J connectivity index is 2.24. The van der Waals surface area contributed by atoms with E-state index in [1.54, 1.807) is 24.3 Å². The molecule has 2 rings (SSSR count). The van der Waals surface area contributed by atoms with E-state index >= 15 is 0 Å². The van der Waals surface area contributed by atoms with E-state index in [2.05, 4.69) is 20.7 Å². The molecule has 0 bridgehead atoms. The lowest BCUT2D eigenvalue weighted by Crippen LogP contribution is -2.27. The predicted molar refractivity (Wildman–Crippen MR) is 87.2 cm³/mol. The van der Waals surface area contributed by atoms with Gasteiger partial charge in [0.05, 0.1) is 4.90 Å². The molecule has 6 heteroatoms. The number of rotatable bonds is 5. The summed E-state index contributed by atoms with van der Waals surface area (Å²) in [4.78, 5) is 0.229. The van der Waals surface area contributed by atoms with Gasteiger partial charge in [-0.05, 0) is 42.3 Å². The van der Waals surface area contributed by atoms with Gasteiger partial charge in [0.2, 0.25) is 10.0 Å². The van der Waals surface area contributed by atoms with Crippen LogP contribution in [0.1, 0.15) is 24.1 Å². The van der Waals surface area contributed by atoms with E-state index in [1.165, 1.54) is 0 Å². The molecule has 0 saturated heterocycles. The highest BCUT2D eigenvalue weighted by atomic mass is 79.9. The highest BCUT2D eigenvalue weighted by Crippen LogP contribution is 2.20. The van der Waals surface area contributed by atoms with Crippen molar-refractivity contribution in [3.05, 3.63) is 64.1 Å². The standard InChI is InChI=1S/C15H17BrN2O2S/c1-11(13-5-3-6-14(16)9-13)18-21(19,20)15-7-2-4-12(8-15)10-17/h2-9,11,18H,10,17H2,1H3. The minimum absolute atomic E-state index is 0.229. The van der Waals surface area contributed by atoms with Crippen LogP contribution in [0.25, 0.3) is 0 Å². The van der Waals surface area contributed by atoms with E-state index in [9.17, 15) is 8.42 Å². The molecule has 0 fully saturated rings. The summed E-state index contributed by atoms with van der Waals surface area (Å²) >= 11 is 3.38. The molecule has 4 nitrogen and oxygen atoms in total. The molecular formula is C15H17BrN2O2S. The van der Waals surface area contributed by atoms with Gasteiger partial charge in [0.15, 0.2) is 0 Å². The maximum atomic E-state index is 12.4. The molecule has 0 aliphatic heterocycles. The molecule has 1 unspecified atom stereocenters. The monoisotopic (exact) mass is 368 g/mol. The third-order valence-corrected chi connectivity index (χ3v) is 5.16. The van der Waals surface area contributed by atoms with Crippen molar-refractivity contribution < 1.29 is 8.42 Å². The zero-order valence-corrected chi connectivity index (χ0v) is 14.0. The average molecular weight is 369 g/mol. The SMILES string of the molecule is CC(NS(=O)(=O)c1cccc(CN)c1)c1cccc(Br)c1. The molecule has 0 saturated carbocycles. The van der Waals surface area contributed by atoms with Gasteiger partial charge in [0.25, 0.3) is 0 Å². The Morgan fingerprint density at radius 1 is 1.19 bits per heavy atom. The van der Waals surface area contributed by atoms with Crippen LogP contribution in [0.5, 0.6) is 0 Å². The number of hydrogen-bond acceptors (Lipinski definition) is 3. The first kappa shape index (κ1) is 16.2. The van der Waals surface area contributed by atoms with Crippen molar-refractivity contribution in [1.29, 1.82) is 0 Å². The highest BCUT2D eigenvalue weighted by Gasteiger charge is 2.18. The molecule has 2 aromatic carbocycles. The van der Waals surface area contributed by atoms with Gasteiger partial charge in [-0.1, -0.05) is 40.2 Å². The Labute approximate surface area is 133 Å². The first-order chi connectivity index (χ1) is 9.92.